The summed E-state index contributed by atoms with van der Waals surface area (Å²) in [4.78, 5) is 4.81. The molecular formula is C19H17BrN2S. The molecule has 0 spiro atoms. The molecule has 1 heterocycles. The number of aromatic nitrogens is 1. The van der Waals surface area contributed by atoms with E-state index in [0.29, 0.717) is 5.56 Å². The van der Waals surface area contributed by atoms with E-state index in [1.165, 1.54) is 24.1 Å². The minimum Gasteiger partial charge on any atom is -0.245 e. The lowest BCUT2D eigenvalue weighted by Gasteiger charge is -2.21. The van der Waals surface area contributed by atoms with Crippen LogP contribution >= 0.6 is 27.7 Å². The summed E-state index contributed by atoms with van der Waals surface area (Å²) in [5, 5.41) is 10.6. The molecular weight excluding hydrogens is 368 g/mol. The minimum atomic E-state index is 0.708. The lowest BCUT2D eigenvalue weighted by molar-refractivity contribution is 0.661. The molecule has 2 nitrogen and oxygen atoms in total. The molecule has 0 aliphatic heterocycles. The molecule has 0 fully saturated rings. The van der Waals surface area contributed by atoms with Crippen LogP contribution < -0.4 is 0 Å². The fourth-order valence-electron chi connectivity index (χ4n) is 3.00. The smallest absolute Gasteiger partial charge is 0.115 e. The van der Waals surface area contributed by atoms with Gasteiger partial charge in [-0.2, -0.15) is 5.26 Å². The molecule has 4 heteroatoms. The van der Waals surface area contributed by atoms with Crippen LogP contribution in [0.25, 0.3) is 11.1 Å². The fraction of sp³-hybridized carbons (Fsp3) is 0.263. The fourth-order valence-corrected chi connectivity index (χ4v) is 4.01. The van der Waals surface area contributed by atoms with E-state index in [-0.39, 0.29) is 0 Å². The van der Waals surface area contributed by atoms with Crippen molar-refractivity contribution in [2.45, 2.75) is 30.7 Å². The van der Waals surface area contributed by atoms with Gasteiger partial charge in [-0.05, 0) is 48.9 Å². The Morgan fingerprint density at radius 3 is 2.70 bits per heavy atom. The number of thioether (sulfide) groups is 1. The molecule has 0 saturated carbocycles. The molecule has 0 saturated heterocycles. The zero-order valence-electron chi connectivity index (χ0n) is 12.8. The zero-order valence-corrected chi connectivity index (χ0v) is 15.2. The van der Waals surface area contributed by atoms with E-state index in [9.17, 15) is 5.26 Å². The van der Waals surface area contributed by atoms with Crippen molar-refractivity contribution < 1.29 is 0 Å². The van der Waals surface area contributed by atoms with Gasteiger partial charge in [0.15, 0.2) is 0 Å². The molecule has 0 unspecified atom stereocenters. The first-order valence-corrected chi connectivity index (χ1v) is 9.48. The highest BCUT2D eigenvalue weighted by Crippen LogP contribution is 2.38. The first kappa shape index (κ1) is 16.3. The standard InChI is InChI=1S/C19H17BrN2S/c1-2-11-23-19-16(12-21)18(13-7-9-14(20)10-8-13)15-5-3-4-6-17(15)22-19/h2,7-10H,1,3-6,11H2. The van der Waals surface area contributed by atoms with E-state index in [0.717, 1.165) is 39.2 Å². The van der Waals surface area contributed by atoms with Gasteiger partial charge < -0.3 is 0 Å². The average Bonchev–Trinajstić information content (AvgIpc) is 2.59. The normalized spacial score (nSPS) is 13.2. The number of halogens is 1. The molecule has 0 radical (unpaired) electrons. The highest BCUT2D eigenvalue weighted by molar-refractivity contribution is 9.10. The number of nitrogens with zero attached hydrogens (tertiary/aromatic N) is 2. The van der Waals surface area contributed by atoms with E-state index in [2.05, 4.69) is 40.7 Å². The molecule has 1 aliphatic carbocycles. The maximum absolute atomic E-state index is 9.78. The summed E-state index contributed by atoms with van der Waals surface area (Å²) in [5.74, 6) is 0.764. The van der Waals surface area contributed by atoms with Crippen LogP contribution in [-0.4, -0.2) is 10.7 Å². The molecule has 0 N–H and O–H groups in total. The molecule has 0 amide bonds. The third-order valence-corrected chi connectivity index (χ3v) is 5.52. The molecule has 1 aromatic carbocycles. The Kier molecular flexibility index (Phi) is 5.20. The lowest BCUT2D eigenvalue weighted by atomic mass is 9.87. The number of benzene rings is 1. The summed E-state index contributed by atoms with van der Waals surface area (Å²) in [7, 11) is 0. The summed E-state index contributed by atoms with van der Waals surface area (Å²) in [6.45, 7) is 3.77. The summed E-state index contributed by atoms with van der Waals surface area (Å²) < 4.78 is 1.05. The lowest BCUT2D eigenvalue weighted by Crippen LogP contribution is -2.10. The number of pyridine rings is 1. The van der Waals surface area contributed by atoms with Crippen LogP contribution in [0.3, 0.4) is 0 Å². The topological polar surface area (TPSA) is 36.7 Å². The first-order valence-electron chi connectivity index (χ1n) is 7.70. The second kappa shape index (κ2) is 7.33. The van der Waals surface area contributed by atoms with Crippen LogP contribution in [0.4, 0.5) is 0 Å². The zero-order chi connectivity index (χ0) is 16.2. The van der Waals surface area contributed by atoms with Crippen LogP contribution in [0.15, 0.2) is 46.4 Å². The predicted octanol–water partition coefficient (Wildman–Crippen LogP) is 5.54. The van der Waals surface area contributed by atoms with Crippen LogP contribution in [0, 0.1) is 11.3 Å². The van der Waals surface area contributed by atoms with Crippen molar-refractivity contribution in [1.82, 2.24) is 4.98 Å². The first-order chi connectivity index (χ1) is 11.2. The Morgan fingerprint density at radius 1 is 1.26 bits per heavy atom. The van der Waals surface area contributed by atoms with Crippen molar-refractivity contribution in [3.63, 3.8) is 0 Å². The molecule has 1 aliphatic rings. The van der Waals surface area contributed by atoms with Crippen LogP contribution in [-0.2, 0) is 12.8 Å². The molecule has 3 rings (SSSR count). The molecule has 23 heavy (non-hydrogen) atoms. The molecule has 1 aromatic heterocycles. The number of hydrogen-bond acceptors (Lipinski definition) is 3. The van der Waals surface area contributed by atoms with Gasteiger partial charge >= 0.3 is 0 Å². The second-order valence-corrected chi connectivity index (χ2v) is 7.44. The van der Waals surface area contributed by atoms with Gasteiger partial charge in [0.2, 0.25) is 0 Å². The molecule has 2 aromatic rings. The Labute approximate surface area is 149 Å². The summed E-state index contributed by atoms with van der Waals surface area (Å²) >= 11 is 5.08. The Balaban J connectivity index is 2.23. The minimum absolute atomic E-state index is 0.708. The molecule has 0 atom stereocenters. The third-order valence-electron chi connectivity index (χ3n) is 4.02. The van der Waals surface area contributed by atoms with Gasteiger partial charge in [0.1, 0.15) is 11.1 Å². The van der Waals surface area contributed by atoms with Crippen LogP contribution in [0.5, 0.6) is 0 Å². The van der Waals surface area contributed by atoms with Gasteiger partial charge in [0.25, 0.3) is 0 Å². The van der Waals surface area contributed by atoms with Crippen LogP contribution in [0.2, 0.25) is 0 Å². The maximum atomic E-state index is 9.78. The number of aryl methyl sites for hydroxylation is 1. The predicted molar refractivity (Wildman–Crippen MR) is 99.7 cm³/mol. The van der Waals surface area contributed by atoms with Gasteiger partial charge in [-0.3, -0.25) is 0 Å². The van der Waals surface area contributed by atoms with Gasteiger partial charge in [0.05, 0.1) is 5.56 Å². The number of nitriles is 1. The Hall–Kier alpha value is -1.57. The van der Waals surface area contributed by atoms with Gasteiger partial charge in [0, 0.05) is 21.5 Å². The van der Waals surface area contributed by atoms with Crippen molar-refractivity contribution in [1.29, 1.82) is 5.26 Å². The van der Waals surface area contributed by atoms with Crippen molar-refractivity contribution in [3.8, 4) is 17.2 Å². The van der Waals surface area contributed by atoms with E-state index >= 15 is 0 Å². The summed E-state index contributed by atoms with van der Waals surface area (Å²) in [5.41, 5.74) is 5.32. The molecule has 116 valence electrons. The average molecular weight is 385 g/mol. The number of fused-ring (bicyclic) bond motifs is 1. The maximum Gasteiger partial charge on any atom is 0.115 e. The molecule has 0 bridgehead atoms. The van der Waals surface area contributed by atoms with E-state index < -0.39 is 0 Å². The van der Waals surface area contributed by atoms with Crippen molar-refractivity contribution in [3.05, 3.63) is 58.2 Å². The second-order valence-electron chi connectivity index (χ2n) is 5.52. The van der Waals surface area contributed by atoms with Gasteiger partial charge in [-0.15, -0.1) is 18.3 Å². The van der Waals surface area contributed by atoms with Crippen molar-refractivity contribution in [2.24, 2.45) is 0 Å². The van der Waals surface area contributed by atoms with Gasteiger partial charge in [-0.25, -0.2) is 4.98 Å². The summed E-state index contributed by atoms with van der Waals surface area (Å²) in [6, 6.07) is 10.6. The van der Waals surface area contributed by atoms with E-state index in [4.69, 9.17) is 4.98 Å². The highest BCUT2D eigenvalue weighted by Gasteiger charge is 2.22. The quantitative estimate of drug-likeness (QED) is 0.512. The highest BCUT2D eigenvalue weighted by atomic mass is 79.9. The van der Waals surface area contributed by atoms with Crippen LogP contribution in [0.1, 0.15) is 29.7 Å². The van der Waals surface area contributed by atoms with E-state index in [1.807, 2.05) is 18.2 Å². The van der Waals surface area contributed by atoms with Gasteiger partial charge in [-0.1, -0.05) is 34.1 Å². The third kappa shape index (κ3) is 3.36. The SMILES string of the molecule is C=CCSc1nc2c(c(-c3ccc(Br)cc3)c1C#N)CCCC2. The van der Waals surface area contributed by atoms with Crippen molar-refractivity contribution >= 4 is 27.7 Å². The number of rotatable bonds is 4. The monoisotopic (exact) mass is 384 g/mol. The van der Waals surface area contributed by atoms with E-state index in [1.54, 1.807) is 11.8 Å². The summed E-state index contributed by atoms with van der Waals surface area (Å²) in [6.07, 6.45) is 6.22. The Bertz CT molecular complexity index is 775. The Morgan fingerprint density at radius 2 is 2.00 bits per heavy atom. The largest absolute Gasteiger partial charge is 0.245 e. The number of hydrogen-bond donors (Lipinski definition) is 0. The van der Waals surface area contributed by atoms with Crippen molar-refractivity contribution in [2.75, 3.05) is 5.75 Å².